The lowest BCUT2D eigenvalue weighted by Gasteiger charge is -2.29. The molecule has 1 N–H and O–H groups in total. The largest absolute Gasteiger partial charge is 0.335 e. The van der Waals surface area contributed by atoms with Crippen LogP contribution in [0, 0.1) is 11.8 Å². The standard InChI is InChI=1S/C14H25N3/c1-3-9-17-10-8-16-14(17)5-4-13-11-15-7-6-12(13)2/h8,10,12-13,15H,3-7,9,11H2,1-2H3. The Morgan fingerprint density at radius 2 is 2.41 bits per heavy atom. The molecule has 17 heavy (non-hydrogen) atoms. The van der Waals surface area contributed by atoms with Crippen LogP contribution in [0.4, 0.5) is 0 Å². The fourth-order valence-corrected chi connectivity index (χ4v) is 2.77. The van der Waals surface area contributed by atoms with Crippen LogP contribution in [0.1, 0.15) is 38.9 Å². The van der Waals surface area contributed by atoms with E-state index in [0.717, 1.165) is 24.8 Å². The van der Waals surface area contributed by atoms with Crippen LogP contribution >= 0.6 is 0 Å². The van der Waals surface area contributed by atoms with Gasteiger partial charge in [0.05, 0.1) is 0 Å². The van der Waals surface area contributed by atoms with Gasteiger partial charge in [-0.05, 0) is 44.2 Å². The molecule has 0 aliphatic carbocycles. The van der Waals surface area contributed by atoms with Gasteiger partial charge in [0.1, 0.15) is 5.82 Å². The Bertz CT molecular complexity index is 332. The SMILES string of the molecule is CCCn1ccnc1CCC1CNCCC1C. The summed E-state index contributed by atoms with van der Waals surface area (Å²) < 4.78 is 2.31. The molecule has 0 aromatic carbocycles. The van der Waals surface area contributed by atoms with E-state index in [2.05, 4.69) is 34.9 Å². The van der Waals surface area contributed by atoms with Crippen LogP contribution in [-0.4, -0.2) is 22.6 Å². The summed E-state index contributed by atoms with van der Waals surface area (Å²) >= 11 is 0. The normalized spacial score (nSPS) is 25.1. The molecule has 2 heterocycles. The van der Waals surface area contributed by atoms with Crippen molar-refractivity contribution in [1.82, 2.24) is 14.9 Å². The number of aromatic nitrogens is 2. The van der Waals surface area contributed by atoms with Crippen LogP contribution < -0.4 is 5.32 Å². The lowest BCUT2D eigenvalue weighted by atomic mass is 9.85. The van der Waals surface area contributed by atoms with Gasteiger partial charge in [-0.2, -0.15) is 0 Å². The smallest absolute Gasteiger partial charge is 0.108 e. The van der Waals surface area contributed by atoms with E-state index in [1.54, 1.807) is 0 Å². The molecule has 96 valence electrons. The molecular weight excluding hydrogens is 210 g/mol. The fraction of sp³-hybridized carbons (Fsp3) is 0.786. The minimum absolute atomic E-state index is 0.829. The molecule has 2 unspecified atom stereocenters. The molecule has 1 saturated heterocycles. The highest BCUT2D eigenvalue weighted by Gasteiger charge is 2.21. The average Bonchev–Trinajstić information content (AvgIpc) is 2.76. The van der Waals surface area contributed by atoms with Crippen molar-refractivity contribution in [3.05, 3.63) is 18.2 Å². The molecule has 1 fully saturated rings. The van der Waals surface area contributed by atoms with Crippen LogP contribution in [0.2, 0.25) is 0 Å². The summed E-state index contributed by atoms with van der Waals surface area (Å²) in [5.41, 5.74) is 0. The van der Waals surface area contributed by atoms with E-state index in [-0.39, 0.29) is 0 Å². The Kier molecular flexibility index (Phi) is 4.60. The minimum atomic E-state index is 0.829. The number of rotatable bonds is 5. The Labute approximate surface area is 105 Å². The maximum atomic E-state index is 4.49. The number of nitrogens with one attached hydrogen (secondary N) is 1. The third-order valence-electron chi connectivity index (χ3n) is 3.99. The van der Waals surface area contributed by atoms with Gasteiger partial charge < -0.3 is 9.88 Å². The van der Waals surface area contributed by atoms with Gasteiger partial charge in [0.2, 0.25) is 0 Å². The Morgan fingerprint density at radius 1 is 1.53 bits per heavy atom. The summed E-state index contributed by atoms with van der Waals surface area (Å²) in [4.78, 5) is 4.49. The maximum absolute atomic E-state index is 4.49. The van der Waals surface area contributed by atoms with Crippen LogP contribution in [0.3, 0.4) is 0 Å². The van der Waals surface area contributed by atoms with Gasteiger partial charge in [0.15, 0.2) is 0 Å². The van der Waals surface area contributed by atoms with Crippen LogP contribution in [0.15, 0.2) is 12.4 Å². The zero-order valence-corrected chi connectivity index (χ0v) is 11.2. The maximum Gasteiger partial charge on any atom is 0.108 e. The minimum Gasteiger partial charge on any atom is -0.335 e. The van der Waals surface area contributed by atoms with Crippen LogP contribution in [0.25, 0.3) is 0 Å². The van der Waals surface area contributed by atoms with Crippen molar-refractivity contribution in [2.45, 2.75) is 46.1 Å². The molecule has 2 rings (SSSR count). The highest BCUT2D eigenvalue weighted by molar-refractivity contribution is 4.93. The van der Waals surface area contributed by atoms with Gasteiger partial charge in [-0.1, -0.05) is 13.8 Å². The molecule has 1 aliphatic rings. The first-order chi connectivity index (χ1) is 8.31. The second-order valence-corrected chi connectivity index (χ2v) is 5.31. The summed E-state index contributed by atoms with van der Waals surface area (Å²) in [6.07, 6.45) is 8.96. The average molecular weight is 235 g/mol. The number of nitrogens with zero attached hydrogens (tertiary/aromatic N) is 2. The lowest BCUT2D eigenvalue weighted by Crippen LogP contribution is -2.35. The summed E-state index contributed by atoms with van der Waals surface area (Å²) in [5.74, 6) is 2.96. The van der Waals surface area contributed by atoms with E-state index in [1.807, 2.05) is 6.20 Å². The number of imidazole rings is 1. The number of hydrogen-bond acceptors (Lipinski definition) is 2. The summed E-state index contributed by atoms with van der Waals surface area (Å²) in [6.45, 7) is 8.10. The summed E-state index contributed by atoms with van der Waals surface area (Å²) in [6, 6.07) is 0. The van der Waals surface area contributed by atoms with Gasteiger partial charge in [-0.3, -0.25) is 0 Å². The number of piperidine rings is 1. The Hall–Kier alpha value is -0.830. The van der Waals surface area contributed by atoms with Crippen molar-refractivity contribution >= 4 is 0 Å². The second-order valence-electron chi connectivity index (χ2n) is 5.31. The molecule has 3 nitrogen and oxygen atoms in total. The molecule has 0 amide bonds. The number of hydrogen-bond donors (Lipinski definition) is 1. The van der Waals surface area contributed by atoms with E-state index in [9.17, 15) is 0 Å². The van der Waals surface area contributed by atoms with Gasteiger partial charge in [-0.15, -0.1) is 0 Å². The Morgan fingerprint density at radius 3 is 3.18 bits per heavy atom. The monoisotopic (exact) mass is 235 g/mol. The topological polar surface area (TPSA) is 29.9 Å². The van der Waals surface area contributed by atoms with E-state index in [0.29, 0.717) is 0 Å². The van der Waals surface area contributed by atoms with Crippen molar-refractivity contribution < 1.29 is 0 Å². The third kappa shape index (κ3) is 3.32. The molecule has 0 bridgehead atoms. The van der Waals surface area contributed by atoms with Crippen molar-refractivity contribution in [3.8, 4) is 0 Å². The van der Waals surface area contributed by atoms with Gasteiger partial charge in [0, 0.05) is 25.4 Å². The molecular formula is C14H25N3. The van der Waals surface area contributed by atoms with Gasteiger partial charge in [0.25, 0.3) is 0 Å². The van der Waals surface area contributed by atoms with E-state index in [1.165, 1.54) is 38.2 Å². The van der Waals surface area contributed by atoms with E-state index in [4.69, 9.17) is 0 Å². The summed E-state index contributed by atoms with van der Waals surface area (Å²) in [7, 11) is 0. The van der Waals surface area contributed by atoms with Crippen LogP contribution in [0.5, 0.6) is 0 Å². The molecule has 1 aliphatic heterocycles. The van der Waals surface area contributed by atoms with E-state index < -0.39 is 0 Å². The quantitative estimate of drug-likeness (QED) is 0.849. The highest BCUT2D eigenvalue weighted by Crippen LogP contribution is 2.23. The highest BCUT2D eigenvalue weighted by atomic mass is 15.1. The van der Waals surface area contributed by atoms with Crippen molar-refractivity contribution in [3.63, 3.8) is 0 Å². The predicted octanol–water partition coefficient (Wildman–Crippen LogP) is 2.47. The van der Waals surface area contributed by atoms with Crippen molar-refractivity contribution in [2.75, 3.05) is 13.1 Å². The first-order valence-corrected chi connectivity index (χ1v) is 7.02. The zero-order chi connectivity index (χ0) is 12.1. The molecule has 0 spiro atoms. The Balaban J connectivity index is 1.86. The zero-order valence-electron chi connectivity index (χ0n) is 11.2. The van der Waals surface area contributed by atoms with Crippen LogP contribution in [-0.2, 0) is 13.0 Å². The third-order valence-corrected chi connectivity index (χ3v) is 3.99. The predicted molar refractivity (Wildman–Crippen MR) is 71.0 cm³/mol. The van der Waals surface area contributed by atoms with Crippen molar-refractivity contribution in [1.29, 1.82) is 0 Å². The molecule has 0 saturated carbocycles. The molecule has 1 aromatic heterocycles. The first kappa shape index (κ1) is 12.6. The molecule has 3 heteroatoms. The van der Waals surface area contributed by atoms with E-state index >= 15 is 0 Å². The molecule has 2 atom stereocenters. The molecule has 0 radical (unpaired) electrons. The van der Waals surface area contributed by atoms with Crippen molar-refractivity contribution in [2.24, 2.45) is 11.8 Å². The van der Waals surface area contributed by atoms with Gasteiger partial charge >= 0.3 is 0 Å². The first-order valence-electron chi connectivity index (χ1n) is 7.02. The molecule has 1 aromatic rings. The summed E-state index contributed by atoms with van der Waals surface area (Å²) in [5, 5.41) is 3.51. The lowest BCUT2D eigenvalue weighted by molar-refractivity contribution is 0.258. The van der Waals surface area contributed by atoms with Gasteiger partial charge in [-0.25, -0.2) is 4.98 Å². The number of aryl methyl sites for hydroxylation is 2. The fourth-order valence-electron chi connectivity index (χ4n) is 2.77. The second kappa shape index (κ2) is 6.20.